The van der Waals surface area contributed by atoms with Gasteiger partial charge in [-0.2, -0.15) is 0 Å². The second kappa shape index (κ2) is 4.13. The number of halogens is 1. The fraction of sp³-hybridized carbons (Fsp3) is 0.500. The summed E-state index contributed by atoms with van der Waals surface area (Å²) in [6.45, 7) is 3.61. The lowest BCUT2D eigenvalue weighted by Crippen LogP contribution is -2.14. The molecular weight excluding hydrogens is 171 g/mol. The predicted molar refractivity (Wildman–Crippen MR) is 48.5 cm³/mol. The number of hydrazine groups is 1. The summed E-state index contributed by atoms with van der Waals surface area (Å²) in [4.78, 5) is 7.91. The standard InChI is InChI=1S/C8H13FN4/c1-3-4-6-11-5(2)7(9)8(12-6)13-10/h3-4,10H2,1-2H3,(H,11,12,13). The third-order valence-corrected chi connectivity index (χ3v) is 1.67. The fourth-order valence-electron chi connectivity index (χ4n) is 1.05. The van der Waals surface area contributed by atoms with Crippen LogP contribution in [0.3, 0.4) is 0 Å². The molecule has 0 bridgehead atoms. The van der Waals surface area contributed by atoms with E-state index in [2.05, 4.69) is 15.4 Å². The number of anilines is 1. The molecule has 0 aliphatic heterocycles. The molecule has 0 spiro atoms. The molecule has 0 saturated heterocycles. The summed E-state index contributed by atoms with van der Waals surface area (Å²) in [7, 11) is 0. The molecule has 0 aliphatic carbocycles. The molecular formula is C8H13FN4. The Morgan fingerprint density at radius 3 is 2.69 bits per heavy atom. The molecule has 1 aromatic rings. The van der Waals surface area contributed by atoms with E-state index in [1.165, 1.54) is 0 Å². The van der Waals surface area contributed by atoms with E-state index in [0.29, 0.717) is 11.5 Å². The summed E-state index contributed by atoms with van der Waals surface area (Å²) in [5.41, 5.74) is 2.53. The molecule has 0 fully saturated rings. The average Bonchev–Trinajstić information content (AvgIpc) is 2.11. The Morgan fingerprint density at radius 2 is 2.15 bits per heavy atom. The summed E-state index contributed by atoms with van der Waals surface area (Å²) in [6, 6.07) is 0. The van der Waals surface area contributed by atoms with Crippen molar-refractivity contribution in [2.75, 3.05) is 5.43 Å². The predicted octanol–water partition coefficient (Wildman–Crippen LogP) is 1.16. The van der Waals surface area contributed by atoms with E-state index in [-0.39, 0.29) is 5.82 Å². The lowest BCUT2D eigenvalue weighted by molar-refractivity contribution is 0.599. The van der Waals surface area contributed by atoms with Gasteiger partial charge in [0, 0.05) is 6.42 Å². The topological polar surface area (TPSA) is 63.8 Å². The molecule has 0 unspecified atom stereocenters. The van der Waals surface area contributed by atoms with Crippen LogP contribution in [0.4, 0.5) is 10.2 Å². The van der Waals surface area contributed by atoms with Crippen molar-refractivity contribution in [2.45, 2.75) is 26.7 Å². The van der Waals surface area contributed by atoms with Crippen LogP contribution in [0.5, 0.6) is 0 Å². The van der Waals surface area contributed by atoms with Gasteiger partial charge in [-0.05, 0) is 13.3 Å². The first-order valence-electron chi connectivity index (χ1n) is 4.18. The van der Waals surface area contributed by atoms with Gasteiger partial charge in [0.2, 0.25) is 0 Å². The molecule has 0 amide bonds. The highest BCUT2D eigenvalue weighted by Crippen LogP contribution is 2.12. The van der Waals surface area contributed by atoms with E-state index < -0.39 is 5.82 Å². The number of nitrogens with zero attached hydrogens (tertiary/aromatic N) is 2. The quantitative estimate of drug-likeness (QED) is 0.546. The van der Waals surface area contributed by atoms with Gasteiger partial charge >= 0.3 is 0 Å². The SMILES string of the molecule is CCCc1nc(C)c(F)c(NN)n1. The summed E-state index contributed by atoms with van der Waals surface area (Å²) >= 11 is 0. The number of rotatable bonds is 3. The van der Waals surface area contributed by atoms with E-state index in [0.717, 1.165) is 12.8 Å². The number of nitrogens with two attached hydrogens (primary N) is 1. The molecule has 5 heteroatoms. The van der Waals surface area contributed by atoms with Crippen molar-refractivity contribution >= 4 is 5.82 Å². The molecule has 13 heavy (non-hydrogen) atoms. The lowest BCUT2D eigenvalue weighted by Gasteiger charge is -2.05. The highest BCUT2D eigenvalue weighted by atomic mass is 19.1. The molecule has 0 atom stereocenters. The Bertz CT molecular complexity index is 300. The van der Waals surface area contributed by atoms with Crippen molar-refractivity contribution in [2.24, 2.45) is 5.84 Å². The molecule has 1 aromatic heterocycles. The summed E-state index contributed by atoms with van der Waals surface area (Å²) < 4.78 is 13.2. The molecule has 0 saturated carbocycles. The van der Waals surface area contributed by atoms with E-state index in [1.807, 2.05) is 6.92 Å². The summed E-state index contributed by atoms with van der Waals surface area (Å²) in [5, 5.41) is 0. The maximum absolute atomic E-state index is 13.2. The van der Waals surface area contributed by atoms with Gasteiger partial charge in [0.1, 0.15) is 5.82 Å². The minimum Gasteiger partial charge on any atom is -0.306 e. The zero-order chi connectivity index (χ0) is 9.84. The third kappa shape index (κ3) is 2.12. The molecule has 72 valence electrons. The van der Waals surface area contributed by atoms with Crippen LogP contribution in [0, 0.1) is 12.7 Å². The van der Waals surface area contributed by atoms with Gasteiger partial charge in [-0.1, -0.05) is 6.92 Å². The third-order valence-electron chi connectivity index (χ3n) is 1.67. The van der Waals surface area contributed by atoms with Gasteiger partial charge in [-0.15, -0.1) is 0 Å². The largest absolute Gasteiger partial charge is 0.306 e. The number of nitrogen functional groups attached to an aromatic ring is 1. The Kier molecular flexibility index (Phi) is 3.13. The van der Waals surface area contributed by atoms with Gasteiger partial charge in [0.25, 0.3) is 0 Å². The fourth-order valence-corrected chi connectivity index (χ4v) is 1.05. The van der Waals surface area contributed by atoms with Gasteiger partial charge in [-0.3, -0.25) is 0 Å². The van der Waals surface area contributed by atoms with Crippen LogP contribution in [-0.2, 0) is 6.42 Å². The Hall–Kier alpha value is -1.23. The monoisotopic (exact) mass is 184 g/mol. The van der Waals surface area contributed by atoms with Crippen LogP contribution < -0.4 is 11.3 Å². The van der Waals surface area contributed by atoms with Gasteiger partial charge in [-0.25, -0.2) is 20.2 Å². The minimum atomic E-state index is -0.484. The highest BCUT2D eigenvalue weighted by Gasteiger charge is 2.09. The lowest BCUT2D eigenvalue weighted by atomic mass is 10.3. The molecule has 3 N–H and O–H groups in total. The van der Waals surface area contributed by atoms with Crippen molar-refractivity contribution in [3.63, 3.8) is 0 Å². The molecule has 0 aromatic carbocycles. The molecule has 4 nitrogen and oxygen atoms in total. The maximum Gasteiger partial charge on any atom is 0.187 e. The average molecular weight is 184 g/mol. The Labute approximate surface area is 76.4 Å². The number of aryl methyl sites for hydroxylation is 2. The van der Waals surface area contributed by atoms with Crippen molar-refractivity contribution < 1.29 is 4.39 Å². The van der Waals surface area contributed by atoms with Crippen LogP contribution in [0.2, 0.25) is 0 Å². The van der Waals surface area contributed by atoms with E-state index >= 15 is 0 Å². The Morgan fingerprint density at radius 1 is 1.46 bits per heavy atom. The van der Waals surface area contributed by atoms with Crippen molar-refractivity contribution in [3.8, 4) is 0 Å². The Balaban J connectivity index is 3.06. The van der Waals surface area contributed by atoms with E-state index in [4.69, 9.17) is 5.84 Å². The second-order valence-electron chi connectivity index (χ2n) is 2.78. The van der Waals surface area contributed by atoms with Crippen LogP contribution in [0.1, 0.15) is 24.9 Å². The van der Waals surface area contributed by atoms with E-state index in [9.17, 15) is 4.39 Å². The normalized spacial score (nSPS) is 10.2. The highest BCUT2D eigenvalue weighted by molar-refractivity contribution is 5.36. The van der Waals surface area contributed by atoms with Gasteiger partial charge < -0.3 is 5.43 Å². The first-order chi connectivity index (χ1) is 6.19. The van der Waals surface area contributed by atoms with Gasteiger partial charge in [0.15, 0.2) is 11.6 Å². The zero-order valence-electron chi connectivity index (χ0n) is 7.76. The number of hydrogen-bond donors (Lipinski definition) is 2. The second-order valence-corrected chi connectivity index (χ2v) is 2.78. The number of aromatic nitrogens is 2. The van der Waals surface area contributed by atoms with Crippen LogP contribution in [0.15, 0.2) is 0 Å². The van der Waals surface area contributed by atoms with Crippen molar-refractivity contribution in [1.82, 2.24) is 9.97 Å². The minimum absolute atomic E-state index is 0.0657. The molecule has 0 radical (unpaired) electrons. The maximum atomic E-state index is 13.2. The molecule has 1 heterocycles. The zero-order valence-corrected chi connectivity index (χ0v) is 7.76. The summed E-state index contributed by atoms with van der Waals surface area (Å²) in [5.74, 6) is 5.31. The smallest absolute Gasteiger partial charge is 0.187 e. The first kappa shape index (κ1) is 9.85. The van der Waals surface area contributed by atoms with Gasteiger partial charge in [0.05, 0.1) is 5.69 Å². The summed E-state index contributed by atoms with van der Waals surface area (Å²) in [6.07, 6.45) is 1.66. The van der Waals surface area contributed by atoms with Crippen molar-refractivity contribution in [3.05, 3.63) is 17.3 Å². The number of nitrogens with one attached hydrogen (secondary N) is 1. The molecule has 1 rings (SSSR count). The van der Waals surface area contributed by atoms with Crippen molar-refractivity contribution in [1.29, 1.82) is 0 Å². The van der Waals surface area contributed by atoms with Crippen LogP contribution in [-0.4, -0.2) is 9.97 Å². The van der Waals surface area contributed by atoms with Crippen LogP contribution in [0.25, 0.3) is 0 Å². The first-order valence-corrected chi connectivity index (χ1v) is 4.18. The number of hydrogen-bond acceptors (Lipinski definition) is 4. The molecule has 0 aliphatic rings. The van der Waals surface area contributed by atoms with E-state index in [1.54, 1.807) is 6.92 Å². The van der Waals surface area contributed by atoms with Crippen LogP contribution >= 0.6 is 0 Å².